The van der Waals surface area contributed by atoms with Crippen molar-refractivity contribution in [1.29, 1.82) is 0 Å². The third-order valence-electron chi connectivity index (χ3n) is 2.13. The van der Waals surface area contributed by atoms with Gasteiger partial charge in [0.1, 0.15) is 0 Å². The number of nitrogens with one attached hydrogen (secondary N) is 1. The number of likely N-dealkylation sites (N-methyl/N-ethyl adjacent to an activating group) is 1. The van der Waals surface area contributed by atoms with Gasteiger partial charge in [0.05, 0.1) is 12.2 Å². The summed E-state index contributed by atoms with van der Waals surface area (Å²) in [4.78, 5) is 0. The summed E-state index contributed by atoms with van der Waals surface area (Å²) in [5.41, 5.74) is 0.0314. The molecule has 0 aliphatic rings. The first-order chi connectivity index (χ1) is 5.52. The first-order valence-corrected chi connectivity index (χ1v) is 4.89. The van der Waals surface area contributed by atoms with Crippen molar-refractivity contribution in [2.45, 2.75) is 52.7 Å². The summed E-state index contributed by atoms with van der Waals surface area (Å²) in [6.45, 7) is 12.5. The zero-order chi connectivity index (χ0) is 9.61. The van der Waals surface area contributed by atoms with Crippen LogP contribution in [0.4, 0.5) is 0 Å². The smallest absolute Gasteiger partial charge is 0.0624 e. The van der Waals surface area contributed by atoms with Gasteiger partial charge in [-0.25, -0.2) is 0 Å². The third kappa shape index (κ3) is 5.56. The van der Waals surface area contributed by atoms with E-state index in [4.69, 9.17) is 4.74 Å². The fourth-order valence-electron chi connectivity index (χ4n) is 0.860. The van der Waals surface area contributed by atoms with Gasteiger partial charge in [0.25, 0.3) is 0 Å². The summed E-state index contributed by atoms with van der Waals surface area (Å²) in [6, 6.07) is 0.459. The fourth-order valence-corrected chi connectivity index (χ4v) is 0.860. The van der Waals surface area contributed by atoms with Crippen molar-refractivity contribution >= 4 is 0 Å². The molecule has 2 heteroatoms. The molecular weight excluding hydrogens is 150 g/mol. The molecule has 0 rings (SSSR count). The molecule has 0 amide bonds. The second-order valence-electron chi connectivity index (χ2n) is 3.88. The van der Waals surface area contributed by atoms with Crippen molar-refractivity contribution in [3.05, 3.63) is 0 Å². The Balaban J connectivity index is 3.52. The molecule has 0 aromatic carbocycles. The van der Waals surface area contributed by atoms with E-state index in [1.807, 2.05) is 0 Å². The van der Waals surface area contributed by atoms with Gasteiger partial charge in [-0.05, 0) is 33.7 Å². The van der Waals surface area contributed by atoms with Crippen LogP contribution in [0.5, 0.6) is 0 Å². The molecule has 1 unspecified atom stereocenters. The van der Waals surface area contributed by atoms with Crippen LogP contribution in [0.15, 0.2) is 0 Å². The van der Waals surface area contributed by atoms with Crippen LogP contribution in [0.3, 0.4) is 0 Å². The van der Waals surface area contributed by atoms with Crippen LogP contribution in [-0.2, 0) is 4.74 Å². The third-order valence-corrected chi connectivity index (χ3v) is 2.13. The molecule has 0 aromatic rings. The van der Waals surface area contributed by atoms with Crippen molar-refractivity contribution in [3.63, 3.8) is 0 Å². The van der Waals surface area contributed by atoms with Crippen molar-refractivity contribution < 1.29 is 4.74 Å². The topological polar surface area (TPSA) is 21.3 Å². The minimum absolute atomic E-state index is 0.0314. The average molecular weight is 173 g/mol. The first kappa shape index (κ1) is 11.9. The van der Waals surface area contributed by atoms with Gasteiger partial charge in [0.15, 0.2) is 0 Å². The second-order valence-corrected chi connectivity index (χ2v) is 3.88. The SMILES string of the molecule is CCNC(C)COC(C)(C)CC. The molecule has 1 N–H and O–H groups in total. The summed E-state index contributed by atoms with van der Waals surface area (Å²) < 4.78 is 5.73. The van der Waals surface area contributed by atoms with Crippen LogP contribution >= 0.6 is 0 Å². The lowest BCUT2D eigenvalue weighted by Gasteiger charge is -2.25. The molecule has 74 valence electrons. The molecule has 0 aromatic heterocycles. The lowest BCUT2D eigenvalue weighted by molar-refractivity contribution is -0.0282. The van der Waals surface area contributed by atoms with E-state index in [0.717, 1.165) is 19.6 Å². The van der Waals surface area contributed by atoms with Gasteiger partial charge in [-0.15, -0.1) is 0 Å². The van der Waals surface area contributed by atoms with Crippen LogP contribution in [0.25, 0.3) is 0 Å². The van der Waals surface area contributed by atoms with Gasteiger partial charge >= 0.3 is 0 Å². The molecular formula is C10H23NO. The zero-order valence-electron chi connectivity index (χ0n) is 9.11. The Morgan fingerprint density at radius 3 is 2.33 bits per heavy atom. The van der Waals surface area contributed by atoms with Crippen molar-refractivity contribution in [2.24, 2.45) is 0 Å². The Bertz CT molecular complexity index is 112. The molecule has 2 nitrogen and oxygen atoms in total. The number of ether oxygens (including phenoxy) is 1. The largest absolute Gasteiger partial charge is 0.374 e. The maximum Gasteiger partial charge on any atom is 0.0624 e. The van der Waals surface area contributed by atoms with E-state index in [2.05, 4.69) is 39.9 Å². The van der Waals surface area contributed by atoms with Gasteiger partial charge in [-0.3, -0.25) is 0 Å². The van der Waals surface area contributed by atoms with E-state index in [1.165, 1.54) is 0 Å². The van der Waals surface area contributed by atoms with E-state index in [1.54, 1.807) is 0 Å². The van der Waals surface area contributed by atoms with E-state index in [0.29, 0.717) is 6.04 Å². The van der Waals surface area contributed by atoms with E-state index in [-0.39, 0.29) is 5.60 Å². The normalized spacial score (nSPS) is 14.8. The maximum absolute atomic E-state index is 5.73. The van der Waals surface area contributed by atoms with Crippen molar-refractivity contribution in [2.75, 3.05) is 13.2 Å². The predicted octanol–water partition coefficient (Wildman–Crippen LogP) is 2.19. The fraction of sp³-hybridized carbons (Fsp3) is 1.00. The van der Waals surface area contributed by atoms with E-state index < -0.39 is 0 Å². The summed E-state index contributed by atoms with van der Waals surface area (Å²) in [6.07, 6.45) is 1.06. The highest BCUT2D eigenvalue weighted by atomic mass is 16.5. The standard InChI is InChI=1S/C10H23NO/c1-6-10(4,5)12-8-9(3)11-7-2/h9,11H,6-8H2,1-5H3. The molecule has 0 aliphatic heterocycles. The van der Waals surface area contributed by atoms with Crippen LogP contribution < -0.4 is 5.32 Å². The molecule has 0 spiro atoms. The molecule has 0 aliphatic carbocycles. The number of hydrogen-bond acceptors (Lipinski definition) is 2. The zero-order valence-corrected chi connectivity index (χ0v) is 9.11. The van der Waals surface area contributed by atoms with Crippen LogP contribution in [-0.4, -0.2) is 24.8 Å². The Labute approximate surface area is 76.7 Å². The second kappa shape index (κ2) is 5.55. The lowest BCUT2D eigenvalue weighted by atomic mass is 10.1. The van der Waals surface area contributed by atoms with Gasteiger partial charge < -0.3 is 10.1 Å². The summed E-state index contributed by atoms with van der Waals surface area (Å²) in [5, 5.41) is 3.32. The highest BCUT2D eigenvalue weighted by molar-refractivity contribution is 4.67. The Morgan fingerprint density at radius 2 is 1.92 bits per heavy atom. The molecule has 0 bridgehead atoms. The highest BCUT2D eigenvalue weighted by Crippen LogP contribution is 2.13. The summed E-state index contributed by atoms with van der Waals surface area (Å²) in [7, 11) is 0. The molecule has 12 heavy (non-hydrogen) atoms. The quantitative estimate of drug-likeness (QED) is 0.665. The summed E-state index contributed by atoms with van der Waals surface area (Å²) >= 11 is 0. The van der Waals surface area contributed by atoms with Crippen LogP contribution in [0, 0.1) is 0 Å². The van der Waals surface area contributed by atoms with Crippen LogP contribution in [0.2, 0.25) is 0 Å². The lowest BCUT2D eigenvalue weighted by Crippen LogP contribution is -2.35. The molecule has 0 heterocycles. The van der Waals surface area contributed by atoms with Crippen molar-refractivity contribution in [1.82, 2.24) is 5.32 Å². The number of rotatable bonds is 6. The molecule has 0 saturated heterocycles. The first-order valence-electron chi connectivity index (χ1n) is 4.89. The monoisotopic (exact) mass is 173 g/mol. The van der Waals surface area contributed by atoms with Gasteiger partial charge in [0.2, 0.25) is 0 Å². The van der Waals surface area contributed by atoms with Gasteiger partial charge in [0, 0.05) is 6.04 Å². The Morgan fingerprint density at radius 1 is 1.33 bits per heavy atom. The maximum atomic E-state index is 5.73. The molecule has 0 fully saturated rings. The molecule has 1 atom stereocenters. The average Bonchev–Trinajstić information content (AvgIpc) is 2.02. The minimum atomic E-state index is 0.0314. The van der Waals surface area contributed by atoms with Gasteiger partial charge in [-0.1, -0.05) is 13.8 Å². The molecule has 0 radical (unpaired) electrons. The summed E-state index contributed by atoms with van der Waals surface area (Å²) in [5.74, 6) is 0. The number of hydrogen-bond donors (Lipinski definition) is 1. The van der Waals surface area contributed by atoms with Crippen LogP contribution in [0.1, 0.15) is 41.0 Å². The Hall–Kier alpha value is -0.0800. The Kier molecular flexibility index (Phi) is 5.51. The minimum Gasteiger partial charge on any atom is -0.374 e. The van der Waals surface area contributed by atoms with E-state index in [9.17, 15) is 0 Å². The highest BCUT2D eigenvalue weighted by Gasteiger charge is 2.15. The van der Waals surface area contributed by atoms with Crippen molar-refractivity contribution in [3.8, 4) is 0 Å². The predicted molar refractivity (Wildman–Crippen MR) is 53.5 cm³/mol. The van der Waals surface area contributed by atoms with E-state index >= 15 is 0 Å². The van der Waals surface area contributed by atoms with Gasteiger partial charge in [-0.2, -0.15) is 0 Å². The molecule has 0 saturated carbocycles.